The second kappa shape index (κ2) is 17.9. The van der Waals surface area contributed by atoms with E-state index in [-0.39, 0.29) is 19.1 Å². The van der Waals surface area contributed by atoms with E-state index < -0.39 is 20.0 Å². The van der Waals surface area contributed by atoms with Gasteiger partial charge in [-0.05, 0) is 12.8 Å². The Morgan fingerprint density at radius 3 is 2.09 bits per heavy atom. The molecule has 0 aromatic heterocycles. The number of rotatable bonds is 21. The third-order valence-electron chi connectivity index (χ3n) is 5.36. The summed E-state index contributed by atoms with van der Waals surface area (Å²) in [6.07, 6.45) is 10.7. The van der Waals surface area contributed by atoms with Crippen LogP contribution in [0.15, 0.2) is 0 Å². The number of hydrogen-bond donors (Lipinski definition) is 3. The predicted octanol–water partition coefficient (Wildman–Crippen LogP) is 4.39. The predicted molar refractivity (Wildman–Crippen MR) is 129 cm³/mol. The normalized spacial score (nSPS) is 15.8. The van der Waals surface area contributed by atoms with Gasteiger partial charge in [0.1, 0.15) is 13.2 Å². The van der Waals surface area contributed by atoms with Gasteiger partial charge >= 0.3 is 7.82 Å². The molecule has 3 N–H and O–H groups in total. The molecule has 0 aliphatic rings. The van der Waals surface area contributed by atoms with E-state index in [0.717, 1.165) is 38.5 Å². The number of nitrogens with zero attached hydrogens (tertiary/aromatic N) is 1. The first-order valence-electron chi connectivity index (χ1n) is 12.4. The fourth-order valence-corrected chi connectivity index (χ4v) is 3.95. The van der Waals surface area contributed by atoms with Crippen molar-refractivity contribution in [3.63, 3.8) is 0 Å². The van der Waals surface area contributed by atoms with Gasteiger partial charge in [-0.15, -0.1) is 0 Å². The molecule has 1 amide bonds. The zero-order valence-corrected chi connectivity index (χ0v) is 22.1. The molecular formula is C23H50N2O6P+. The quantitative estimate of drug-likeness (QED) is 0.128. The lowest BCUT2D eigenvalue weighted by Crippen LogP contribution is -2.46. The number of unbranched alkanes of at least 4 members (excludes halogenated alkanes) is 8. The summed E-state index contributed by atoms with van der Waals surface area (Å²) in [6, 6.07) is -0.744. The molecule has 0 aliphatic carbocycles. The Morgan fingerprint density at radius 2 is 1.50 bits per heavy atom. The molecule has 3 atom stereocenters. The van der Waals surface area contributed by atoms with E-state index in [1.807, 2.05) is 21.1 Å². The maximum Gasteiger partial charge on any atom is 0.472 e. The number of carbonyl (C=O) groups excluding carboxylic acids is 1. The Balaban J connectivity index is 4.63. The molecular weight excluding hydrogens is 431 g/mol. The molecule has 0 aliphatic heterocycles. The average Bonchev–Trinajstić information content (AvgIpc) is 2.69. The average molecular weight is 482 g/mol. The number of amides is 1. The van der Waals surface area contributed by atoms with Gasteiger partial charge in [-0.25, -0.2) is 4.57 Å². The first-order chi connectivity index (χ1) is 15.0. The topological polar surface area (TPSA) is 105 Å². The molecule has 3 unspecified atom stereocenters. The molecule has 8 nitrogen and oxygen atoms in total. The molecule has 0 spiro atoms. The highest BCUT2D eigenvalue weighted by atomic mass is 31.2. The van der Waals surface area contributed by atoms with Crippen LogP contribution in [0.4, 0.5) is 0 Å². The van der Waals surface area contributed by atoms with Crippen LogP contribution in [0.1, 0.15) is 90.9 Å². The second-order valence-corrected chi connectivity index (χ2v) is 11.2. The van der Waals surface area contributed by atoms with Crippen LogP contribution in [-0.4, -0.2) is 73.4 Å². The van der Waals surface area contributed by atoms with Crippen LogP contribution >= 0.6 is 7.82 Å². The lowest BCUT2D eigenvalue weighted by atomic mass is 10.0. The molecule has 0 fully saturated rings. The lowest BCUT2D eigenvalue weighted by molar-refractivity contribution is -0.870. The highest BCUT2D eigenvalue weighted by Crippen LogP contribution is 2.43. The van der Waals surface area contributed by atoms with Crippen LogP contribution in [0.25, 0.3) is 0 Å². The fourth-order valence-electron chi connectivity index (χ4n) is 3.22. The van der Waals surface area contributed by atoms with Crippen LogP contribution in [0, 0.1) is 0 Å². The SMILES string of the molecule is CCCCCCCCCC(O)C(COP(=O)(O)OCC[N+](C)(C)C)NC(=O)CCCCC. The molecule has 192 valence electrons. The monoisotopic (exact) mass is 481 g/mol. The fraction of sp³-hybridized carbons (Fsp3) is 0.957. The molecule has 0 aromatic carbocycles. The number of nitrogens with one attached hydrogen (secondary N) is 1. The molecule has 0 saturated heterocycles. The Hall–Kier alpha value is -0.500. The van der Waals surface area contributed by atoms with E-state index in [0.29, 0.717) is 23.9 Å². The van der Waals surface area contributed by atoms with E-state index in [2.05, 4.69) is 19.2 Å². The van der Waals surface area contributed by atoms with Crippen molar-refractivity contribution in [3.05, 3.63) is 0 Å². The van der Waals surface area contributed by atoms with Crippen LogP contribution in [0.2, 0.25) is 0 Å². The lowest BCUT2D eigenvalue weighted by Gasteiger charge is -2.26. The number of aliphatic hydroxyl groups is 1. The van der Waals surface area contributed by atoms with E-state index in [1.54, 1.807) is 0 Å². The molecule has 32 heavy (non-hydrogen) atoms. The number of hydrogen-bond acceptors (Lipinski definition) is 5. The van der Waals surface area contributed by atoms with Crippen molar-refractivity contribution in [2.75, 3.05) is 40.9 Å². The number of carbonyl (C=O) groups is 1. The van der Waals surface area contributed by atoms with Gasteiger partial charge < -0.3 is 19.8 Å². The maximum absolute atomic E-state index is 12.3. The molecule has 0 saturated carbocycles. The summed E-state index contributed by atoms with van der Waals surface area (Å²) in [6.45, 7) is 4.61. The summed E-state index contributed by atoms with van der Waals surface area (Å²) in [7, 11) is 1.60. The van der Waals surface area contributed by atoms with Gasteiger partial charge in [0.15, 0.2) is 0 Å². The third-order valence-corrected chi connectivity index (χ3v) is 6.34. The minimum atomic E-state index is -4.26. The van der Waals surface area contributed by atoms with Crippen LogP contribution in [0.5, 0.6) is 0 Å². The number of aliphatic hydroxyl groups excluding tert-OH is 1. The molecule has 9 heteroatoms. The molecule has 0 aromatic rings. The van der Waals surface area contributed by atoms with Crippen molar-refractivity contribution < 1.29 is 32.9 Å². The van der Waals surface area contributed by atoms with Crippen molar-refractivity contribution in [3.8, 4) is 0 Å². The molecule has 0 radical (unpaired) electrons. The van der Waals surface area contributed by atoms with Gasteiger partial charge in [-0.3, -0.25) is 13.8 Å². The van der Waals surface area contributed by atoms with Crippen LogP contribution in [0.3, 0.4) is 0 Å². The Kier molecular flexibility index (Phi) is 17.6. The van der Waals surface area contributed by atoms with Crippen molar-refractivity contribution in [2.24, 2.45) is 0 Å². The van der Waals surface area contributed by atoms with Gasteiger partial charge in [0.05, 0.1) is 39.9 Å². The molecule has 0 rings (SSSR count). The Morgan fingerprint density at radius 1 is 0.938 bits per heavy atom. The van der Waals surface area contributed by atoms with Gasteiger partial charge in [-0.2, -0.15) is 0 Å². The first kappa shape index (κ1) is 31.5. The summed E-state index contributed by atoms with van der Waals surface area (Å²) in [4.78, 5) is 22.2. The van der Waals surface area contributed by atoms with Gasteiger partial charge in [0, 0.05) is 6.42 Å². The first-order valence-corrected chi connectivity index (χ1v) is 13.9. The highest BCUT2D eigenvalue weighted by molar-refractivity contribution is 7.47. The number of phosphoric acid groups is 1. The van der Waals surface area contributed by atoms with E-state index in [9.17, 15) is 19.4 Å². The summed E-state index contributed by atoms with van der Waals surface area (Å²) < 4.78 is 23.0. The number of phosphoric ester groups is 1. The van der Waals surface area contributed by atoms with Gasteiger partial charge in [0.2, 0.25) is 5.91 Å². The van der Waals surface area contributed by atoms with Crippen molar-refractivity contribution >= 4 is 13.7 Å². The summed E-state index contributed by atoms with van der Waals surface area (Å²) in [5.74, 6) is -0.176. The largest absolute Gasteiger partial charge is 0.472 e. The number of likely N-dealkylation sites (N-methyl/N-ethyl adjacent to an activating group) is 1. The van der Waals surface area contributed by atoms with Gasteiger partial charge in [0.25, 0.3) is 0 Å². The van der Waals surface area contributed by atoms with Crippen molar-refractivity contribution in [1.82, 2.24) is 5.32 Å². The zero-order chi connectivity index (χ0) is 24.5. The summed E-state index contributed by atoms with van der Waals surface area (Å²) in [5.41, 5.74) is 0. The van der Waals surface area contributed by atoms with Crippen LogP contribution < -0.4 is 5.32 Å². The smallest absolute Gasteiger partial charge is 0.391 e. The molecule has 0 heterocycles. The van der Waals surface area contributed by atoms with Gasteiger partial charge in [-0.1, -0.05) is 71.6 Å². The number of quaternary nitrogens is 1. The third kappa shape index (κ3) is 19.0. The zero-order valence-electron chi connectivity index (χ0n) is 21.2. The summed E-state index contributed by atoms with van der Waals surface area (Å²) in [5, 5.41) is 13.4. The minimum Gasteiger partial charge on any atom is -0.391 e. The van der Waals surface area contributed by atoms with E-state index in [4.69, 9.17) is 9.05 Å². The second-order valence-electron chi connectivity index (χ2n) is 9.72. The minimum absolute atomic E-state index is 0.0753. The Bertz CT molecular complexity index is 527. The highest BCUT2D eigenvalue weighted by Gasteiger charge is 2.28. The van der Waals surface area contributed by atoms with Crippen LogP contribution in [-0.2, 0) is 18.4 Å². The van der Waals surface area contributed by atoms with E-state index >= 15 is 0 Å². The Labute approximate surface area is 196 Å². The van der Waals surface area contributed by atoms with E-state index in [1.165, 1.54) is 25.7 Å². The molecule has 0 bridgehead atoms. The van der Waals surface area contributed by atoms with Crippen molar-refractivity contribution in [1.29, 1.82) is 0 Å². The summed E-state index contributed by atoms with van der Waals surface area (Å²) >= 11 is 0. The van der Waals surface area contributed by atoms with Crippen molar-refractivity contribution in [2.45, 2.75) is 103 Å². The maximum atomic E-state index is 12.3. The standard InChI is InChI=1S/C23H49N2O6P/c1-6-8-10-11-12-13-15-16-22(26)21(24-23(27)17-14-9-7-2)20-31-32(28,29)30-19-18-25(3,4)5/h21-22,26H,6-20H2,1-5H3,(H-,24,27,28,29)/p+1.